The first-order valence-electron chi connectivity index (χ1n) is 9.60. The van der Waals surface area contributed by atoms with Gasteiger partial charge in [-0.3, -0.25) is 9.79 Å². The fourth-order valence-corrected chi connectivity index (χ4v) is 3.59. The number of piperazine rings is 1. The minimum atomic E-state index is -0.217. The highest BCUT2D eigenvalue weighted by atomic mass is 16.5. The Hall–Kier alpha value is -2.08. The molecule has 1 aromatic carbocycles. The molecule has 0 aliphatic carbocycles. The number of nitrogens with zero attached hydrogens (tertiary/aromatic N) is 3. The molecule has 0 spiro atoms. The average Bonchev–Trinajstić information content (AvgIpc) is 3.24. The van der Waals surface area contributed by atoms with Crippen molar-refractivity contribution < 1.29 is 9.53 Å². The van der Waals surface area contributed by atoms with Crippen molar-refractivity contribution in [3.05, 3.63) is 35.9 Å². The van der Waals surface area contributed by atoms with Gasteiger partial charge in [-0.15, -0.1) is 0 Å². The van der Waals surface area contributed by atoms with Gasteiger partial charge in [0.15, 0.2) is 5.96 Å². The second-order valence-corrected chi connectivity index (χ2v) is 7.05. The monoisotopic (exact) mass is 358 g/mol. The van der Waals surface area contributed by atoms with E-state index in [1.807, 2.05) is 18.0 Å². The van der Waals surface area contributed by atoms with Crippen molar-refractivity contribution in [3.63, 3.8) is 0 Å². The zero-order chi connectivity index (χ0) is 18.4. The van der Waals surface area contributed by atoms with E-state index in [0.29, 0.717) is 12.5 Å². The molecular formula is C20H30N4O2. The lowest BCUT2D eigenvalue weighted by Crippen LogP contribution is -2.55. The molecule has 2 aliphatic heterocycles. The number of amides is 1. The summed E-state index contributed by atoms with van der Waals surface area (Å²) in [5.74, 6) is 1.48. The van der Waals surface area contributed by atoms with Gasteiger partial charge in [0.25, 0.3) is 5.91 Å². The van der Waals surface area contributed by atoms with Gasteiger partial charge in [0.1, 0.15) is 6.10 Å². The summed E-state index contributed by atoms with van der Waals surface area (Å²) >= 11 is 0. The predicted molar refractivity (Wildman–Crippen MR) is 103 cm³/mol. The third kappa shape index (κ3) is 4.55. The number of ether oxygens (including phenoxy) is 1. The van der Waals surface area contributed by atoms with E-state index >= 15 is 0 Å². The van der Waals surface area contributed by atoms with Crippen molar-refractivity contribution in [2.45, 2.75) is 31.8 Å². The molecule has 6 nitrogen and oxygen atoms in total. The van der Waals surface area contributed by atoms with E-state index in [2.05, 4.69) is 46.4 Å². The molecule has 142 valence electrons. The molecule has 2 fully saturated rings. The topological polar surface area (TPSA) is 57.2 Å². The second kappa shape index (κ2) is 9.03. The van der Waals surface area contributed by atoms with E-state index in [-0.39, 0.29) is 12.0 Å². The Balaban J connectivity index is 1.47. The molecule has 2 atom stereocenters. The quantitative estimate of drug-likeness (QED) is 0.657. The maximum absolute atomic E-state index is 12.5. The highest BCUT2D eigenvalue weighted by Gasteiger charge is 2.30. The number of hydrogen-bond acceptors (Lipinski definition) is 3. The molecule has 2 unspecified atom stereocenters. The van der Waals surface area contributed by atoms with Gasteiger partial charge >= 0.3 is 0 Å². The van der Waals surface area contributed by atoms with Crippen molar-refractivity contribution in [2.24, 2.45) is 4.99 Å². The molecule has 3 rings (SSSR count). The molecule has 0 radical (unpaired) electrons. The van der Waals surface area contributed by atoms with E-state index in [4.69, 9.17) is 4.74 Å². The Morgan fingerprint density at radius 1 is 1.23 bits per heavy atom. The van der Waals surface area contributed by atoms with E-state index in [0.717, 1.165) is 51.5 Å². The molecule has 2 aliphatic rings. The minimum absolute atomic E-state index is 0.155. The van der Waals surface area contributed by atoms with E-state index in [1.165, 1.54) is 5.56 Å². The number of nitrogens with one attached hydrogen (secondary N) is 1. The first kappa shape index (κ1) is 18.7. The molecule has 0 saturated carbocycles. The van der Waals surface area contributed by atoms with Crippen molar-refractivity contribution in [1.29, 1.82) is 0 Å². The van der Waals surface area contributed by atoms with Gasteiger partial charge in [-0.2, -0.15) is 0 Å². The van der Waals surface area contributed by atoms with Crippen LogP contribution >= 0.6 is 0 Å². The first-order chi connectivity index (χ1) is 12.7. The zero-order valence-corrected chi connectivity index (χ0v) is 15.9. The summed E-state index contributed by atoms with van der Waals surface area (Å²) in [7, 11) is 1.82. The van der Waals surface area contributed by atoms with Crippen LogP contribution in [0, 0.1) is 0 Å². The van der Waals surface area contributed by atoms with Crippen LogP contribution in [-0.4, -0.2) is 74.1 Å². The number of carbonyl (C=O) groups is 1. The number of aliphatic imine (C=N–C) groups is 1. The van der Waals surface area contributed by atoms with Crippen LogP contribution < -0.4 is 5.32 Å². The fraction of sp³-hybridized carbons (Fsp3) is 0.600. The SMILES string of the molecule is CN=C(NCC(C)c1ccccc1)N1CCN(C(=O)C2CCCO2)CC1. The van der Waals surface area contributed by atoms with Gasteiger partial charge in [0, 0.05) is 46.4 Å². The summed E-state index contributed by atoms with van der Waals surface area (Å²) in [6.45, 7) is 6.84. The summed E-state index contributed by atoms with van der Waals surface area (Å²) < 4.78 is 5.53. The highest BCUT2D eigenvalue weighted by molar-refractivity contribution is 5.82. The number of guanidine groups is 1. The lowest BCUT2D eigenvalue weighted by atomic mass is 10.0. The Morgan fingerprint density at radius 3 is 2.54 bits per heavy atom. The summed E-state index contributed by atoms with van der Waals surface area (Å²) in [5, 5.41) is 3.48. The van der Waals surface area contributed by atoms with Gasteiger partial charge in [-0.1, -0.05) is 37.3 Å². The first-order valence-corrected chi connectivity index (χ1v) is 9.60. The Kier molecular flexibility index (Phi) is 6.50. The molecule has 1 aromatic rings. The van der Waals surface area contributed by atoms with Crippen LogP contribution in [0.2, 0.25) is 0 Å². The predicted octanol–water partition coefficient (Wildman–Crippen LogP) is 1.69. The molecule has 1 amide bonds. The molecule has 0 aromatic heterocycles. The van der Waals surface area contributed by atoms with Crippen molar-refractivity contribution in [3.8, 4) is 0 Å². The summed E-state index contributed by atoms with van der Waals surface area (Å²) in [6, 6.07) is 10.5. The third-order valence-corrected chi connectivity index (χ3v) is 5.24. The Morgan fingerprint density at radius 2 is 1.92 bits per heavy atom. The summed E-state index contributed by atoms with van der Waals surface area (Å²) in [4.78, 5) is 21.1. The van der Waals surface area contributed by atoms with Gasteiger partial charge in [-0.05, 0) is 24.3 Å². The van der Waals surface area contributed by atoms with Crippen molar-refractivity contribution in [2.75, 3.05) is 46.4 Å². The highest BCUT2D eigenvalue weighted by Crippen LogP contribution is 2.16. The van der Waals surface area contributed by atoms with Crippen LogP contribution in [0.25, 0.3) is 0 Å². The number of benzene rings is 1. The van der Waals surface area contributed by atoms with Crippen molar-refractivity contribution >= 4 is 11.9 Å². The maximum Gasteiger partial charge on any atom is 0.251 e. The number of carbonyl (C=O) groups excluding carboxylic acids is 1. The van der Waals surface area contributed by atoms with Gasteiger partial charge in [0.2, 0.25) is 0 Å². The Bertz CT molecular complexity index is 605. The molecule has 2 saturated heterocycles. The normalized spacial score (nSPS) is 22.4. The number of rotatable bonds is 4. The average molecular weight is 358 g/mol. The van der Waals surface area contributed by atoms with E-state index in [1.54, 1.807) is 0 Å². The molecule has 6 heteroatoms. The maximum atomic E-state index is 12.5. The van der Waals surface area contributed by atoms with E-state index < -0.39 is 0 Å². The molecule has 0 bridgehead atoms. The van der Waals surface area contributed by atoms with Crippen molar-refractivity contribution in [1.82, 2.24) is 15.1 Å². The van der Waals surface area contributed by atoms with Crippen LogP contribution in [-0.2, 0) is 9.53 Å². The standard InChI is InChI=1S/C20H30N4O2/c1-16(17-7-4-3-5-8-17)15-22-20(21-2)24-12-10-23(11-13-24)19(25)18-9-6-14-26-18/h3-5,7-8,16,18H,6,9-15H2,1-2H3,(H,21,22). The van der Waals surface area contributed by atoms with Gasteiger partial charge in [-0.25, -0.2) is 0 Å². The second-order valence-electron chi connectivity index (χ2n) is 7.05. The minimum Gasteiger partial charge on any atom is -0.368 e. The third-order valence-electron chi connectivity index (χ3n) is 5.24. The molecular weight excluding hydrogens is 328 g/mol. The molecule has 26 heavy (non-hydrogen) atoms. The smallest absolute Gasteiger partial charge is 0.251 e. The molecule has 2 heterocycles. The van der Waals surface area contributed by atoms with E-state index in [9.17, 15) is 4.79 Å². The fourth-order valence-electron chi connectivity index (χ4n) is 3.59. The van der Waals surface area contributed by atoms with Crippen LogP contribution in [0.3, 0.4) is 0 Å². The van der Waals surface area contributed by atoms with Crippen LogP contribution in [0.1, 0.15) is 31.2 Å². The van der Waals surface area contributed by atoms with Crippen LogP contribution in [0.4, 0.5) is 0 Å². The van der Waals surface area contributed by atoms with Gasteiger partial charge in [0.05, 0.1) is 0 Å². The van der Waals surface area contributed by atoms with Gasteiger partial charge < -0.3 is 19.9 Å². The van der Waals surface area contributed by atoms with Crippen LogP contribution in [0.5, 0.6) is 0 Å². The Labute approximate surface area is 156 Å². The zero-order valence-electron chi connectivity index (χ0n) is 15.9. The van der Waals surface area contributed by atoms with Crippen LogP contribution in [0.15, 0.2) is 35.3 Å². The molecule has 1 N–H and O–H groups in total. The summed E-state index contributed by atoms with van der Waals surface area (Å²) in [6.07, 6.45) is 1.64. The lowest BCUT2D eigenvalue weighted by Gasteiger charge is -2.37. The largest absolute Gasteiger partial charge is 0.368 e. The lowest BCUT2D eigenvalue weighted by molar-refractivity contribution is -0.142. The number of hydrogen-bond donors (Lipinski definition) is 1. The summed E-state index contributed by atoms with van der Waals surface area (Å²) in [5.41, 5.74) is 1.32.